The average molecular weight is 150 g/mol. The van der Waals surface area contributed by atoms with Gasteiger partial charge >= 0.3 is 29.6 Å². The maximum absolute atomic E-state index is 8.36. The van der Waals surface area contributed by atoms with Crippen LogP contribution < -0.4 is 0 Å². The van der Waals surface area contributed by atoms with Gasteiger partial charge in [0.1, 0.15) is 0 Å². The molecule has 2 N–H and O–H groups in total. The first kappa shape index (κ1) is 15.8. The summed E-state index contributed by atoms with van der Waals surface area (Å²) in [4.78, 5) is 16.7. The number of rotatable bonds is 0. The molecule has 0 spiro atoms. The molecule has 9 heteroatoms. The molecule has 50 valence electrons. The van der Waals surface area contributed by atoms with Crippen molar-refractivity contribution in [1.82, 2.24) is 0 Å². The van der Waals surface area contributed by atoms with Crippen LogP contribution in [-0.4, -0.2) is 50.1 Å². The molecule has 0 radical (unpaired) electrons. The van der Waals surface area contributed by atoms with Crippen molar-refractivity contribution in [3.63, 3.8) is 0 Å². The number of hydrogen-bond acceptors (Lipinski definition) is 4. The van der Waals surface area contributed by atoms with E-state index in [0.717, 1.165) is 0 Å². The Morgan fingerprint density at radius 1 is 1.00 bits per heavy atom. The second-order valence-electron chi connectivity index (χ2n) is 0.476. The Kier molecular flexibility index (Phi) is 18.2. The quantitative estimate of drug-likeness (QED) is 0.250. The van der Waals surface area contributed by atoms with Crippen LogP contribution in [0, 0.1) is 20.2 Å². The molecule has 0 heterocycles. The zero-order valence-corrected chi connectivity index (χ0v) is 3.42. The summed E-state index contributed by atoms with van der Waals surface area (Å²) in [7, 11) is 0. The van der Waals surface area contributed by atoms with Gasteiger partial charge in [0, 0.05) is 0 Å². The molecule has 0 aromatic heterocycles. The Morgan fingerprint density at radius 3 is 1.00 bits per heavy atom. The van der Waals surface area contributed by atoms with Crippen LogP contribution in [0.15, 0.2) is 0 Å². The normalized spacial score (nSPS) is 5.33. The molecule has 0 atom stereocenters. The molecule has 0 fully saturated rings. The van der Waals surface area contributed by atoms with Crippen molar-refractivity contribution >= 4 is 29.6 Å². The Labute approximate surface area is 70.6 Å². The standard InChI is InChI=1S/2HNO3.Na.H/c2*2-1(3)4;;/h2*(H,2,3,4);;. The maximum atomic E-state index is 8.36. The van der Waals surface area contributed by atoms with Crippen LogP contribution in [0.25, 0.3) is 0 Å². The van der Waals surface area contributed by atoms with Crippen molar-refractivity contribution in [2.45, 2.75) is 0 Å². The van der Waals surface area contributed by atoms with Crippen molar-refractivity contribution in [3.8, 4) is 0 Å². The molecule has 0 bridgehead atoms. The molecule has 0 unspecified atom stereocenters. The first-order valence-corrected chi connectivity index (χ1v) is 1.13. The molecule has 0 aliphatic rings. The zero-order chi connectivity index (χ0) is 7.15. The first-order valence-electron chi connectivity index (χ1n) is 1.13. The second-order valence-corrected chi connectivity index (χ2v) is 0.476. The van der Waals surface area contributed by atoms with Gasteiger partial charge < -0.3 is 10.4 Å². The molecule has 0 aliphatic heterocycles. The van der Waals surface area contributed by atoms with E-state index < -0.39 is 10.2 Å². The Bertz CT molecular complexity index is 69.1. The Balaban J connectivity index is -0.0000000720. The fourth-order valence-electron chi connectivity index (χ4n) is 0. The van der Waals surface area contributed by atoms with E-state index in [0.29, 0.717) is 0 Å². The van der Waals surface area contributed by atoms with E-state index in [1.165, 1.54) is 0 Å². The van der Waals surface area contributed by atoms with Gasteiger partial charge in [0.15, 0.2) is 0 Å². The van der Waals surface area contributed by atoms with E-state index in [9.17, 15) is 0 Å². The summed E-state index contributed by atoms with van der Waals surface area (Å²) in [5.74, 6) is 0. The molecule has 0 saturated carbocycles. The number of nitrogens with zero attached hydrogens (tertiary/aromatic N) is 2. The van der Waals surface area contributed by atoms with E-state index in [1.807, 2.05) is 0 Å². The summed E-state index contributed by atoms with van der Waals surface area (Å²) >= 11 is 0. The van der Waals surface area contributed by atoms with Crippen LogP contribution in [0.3, 0.4) is 0 Å². The van der Waals surface area contributed by atoms with Crippen molar-refractivity contribution in [1.29, 1.82) is 0 Å². The molecule has 0 aromatic rings. The third-order valence-corrected chi connectivity index (χ3v) is 0. The molecule has 0 amide bonds. The first-order chi connectivity index (χ1) is 3.46. The van der Waals surface area contributed by atoms with Gasteiger partial charge in [-0.25, -0.2) is 0 Å². The van der Waals surface area contributed by atoms with E-state index in [4.69, 9.17) is 30.6 Å². The predicted octanol–water partition coefficient (Wildman–Crippen LogP) is -1.34. The van der Waals surface area contributed by atoms with Gasteiger partial charge in [-0.1, -0.05) is 0 Å². The molecule has 0 rings (SSSR count). The third kappa shape index (κ3) is 599. The van der Waals surface area contributed by atoms with Gasteiger partial charge in [0.25, 0.3) is 10.2 Å². The van der Waals surface area contributed by atoms with Crippen LogP contribution in [-0.2, 0) is 0 Å². The molecule has 0 aromatic carbocycles. The van der Waals surface area contributed by atoms with Gasteiger partial charge in [0.2, 0.25) is 0 Å². The van der Waals surface area contributed by atoms with Crippen LogP contribution >= 0.6 is 0 Å². The molecule has 0 aliphatic carbocycles. The van der Waals surface area contributed by atoms with Gasteiger partial charge in [0.05, 0.1) is 0 Å². The van der Waals surface area contributed by atoms with E-state index in [1.54, 1.807) is 0 Å². The predicted molar refractivity (Wildman–Crippen MR) is 24.7 cm³/mol. The van der Waals surface area contributed by atoms with Gasteiger partial charge in [-0.05, 0) is 0 Å². The minimum absolute atomic E-state index is 0. The van der Waals surface area contributed by atoms with Crippen molar-refractivity contribution < 1.29 is 20.6 Å². The van der Waals surface area contributed by atoms with Crippen LogP contribution in [0.1, 0.15) is 0 Å². The van der Waals surface area contributed by atoms with Crippen molar-refractivity contribution in [2.24, 2.45) is 0 Å². The Morgan fingerprint density at radius 2 is 1.00 bits per heavy atom. The van der Waals surface area contributed by atoms with E-state index in [2.05, 4.69) is 0 Å². The average Bonchev–Trinajstić information content (AvgIpc) is 1.25. The molecular weight excluding hydrogens is 147 g/mol. The summed E-state index contributed by atoms with van der Waals surface area (Å²) < 4.78 is 0. The van der Waals surface area contributed by atoms with Crippen LogP contribution in [0.2, 0.25) is 0 Å². The van der Waals surface area contributed by atoms with Crippen LogP contribution in [0.5, 0.6) is 0 Å². The molecule has 0 saturated heterocycles. The fourth-order valence-corrected chi connectivity index (χ4v) is 0. The summed E-state index contributed by atoms with van der Waals surface area (Å²) in [6, 6.07) is 0. The number of hydrogen-bond donors (Lipinski definition) is 2. The molecular formula is H3N2NaO6. The minimum atomic E-state index is -1.50. The summed E-state index contributed by atoms with van der Waals surface area (Å²) in [6.07, 6.45) is 0. The van der Waals surface area contributed by atoms with Gasteiger partial charge in [-0.3, -0.25) is 0 Å². The van der Waals surface area contributed by atoms with Gasteiger partial charge in [-0.15, -0.1) is 20.2 Å². The van der Waals surface area contributed by atoms with Gasteiger partial charge in [-0.2, -0.15) is 0 Å². The second kappa shape index (κ2) is 10.4. The van der Waals surface area contributed by atoms with E-state index in [-0.39, 0.29) is 29.6 Å². The monoisotopic (exact) mass is 150 g/mol. The summed E-state index contributed by atoms with van der Waals surface area (Å²) in [5, 5.41) is 27.3. The molecule has 8 nitrogen and oxygen atoms in total. The topological polar surface area (TPSA) is 127 Å². The summed E-state index contributed by atoms with van der Waals surface area (Å²) in [5.41, 5.74) is 0. The van der Waals surface area contributed by atoms with E-state index >= 15 is 0 Å². The SMILES string of the molecule is O=[N+]([O-])O.O=[N+]([O-])O.[NaH]. The Hall–Kier alpha value is -0.600. The summed E-state index contributed by atoms with van der Waals surface area (Å²) in [6.45, 7) is 0. The molecule has 9 heavy (non-hydrogen) atoms. The zero-order valence-electron chi connectivity index (χ0n) is 3.42. The van der Waals surface area contributed by atoms with Crippen molar-refractivity contribution in [2.75, 3.05) is 0 Å². The fraction of sp³-hybridized carbons (Fsp3) is 0. The van der Waals surface area contributed by atoms with Crippen LogP contribution in [0.4, 0.5) is 0 Å². The third-order valence-electron chi connectivity index (χ3n) is 0. The van der Waals surface area contributed by atoms with Crippen molar-refractivity contribution in [3.05, 3.63) is 20.2 Å².